The van der Waals surface area contributed by atoms with Gasteiger partial charge in [-0.25, -0.2) is 4.39 Å². The van der Waals surface area contributed by atoms with Crippen molar-refractivity contribution in [3.05, 3.63) is 47.3 Å². The fraction of sp³-hybridized carbons (Fsp3) is 0.550. The van der Waals surface area contributed by atoms with Crippen LogP contribution in [0.2, 0.25) is 0 Å². The first-order valence-electron chi connectivity index (χ1n) is 9.82. The summed E-state index contributed by atoms with van der Waals surface area (Å²) >= 11 is 0. The number of hydrogen-bond donors (Lipinski definition) is 2. The lowest BCUT2D eigenvalue weighted by Crippen LogP contribution is -2.41. The molecule has 1 aliphatic carbocycles. The molecule has 0 saturated heterocycles. The van der Waals surface area contributed by atoms with E-state index in [0.717, 1.165) is 43.0 Å². The first-order chi connectivity index (χ1) is 13.2. The standard InChI is InChI=1S/C20H27FN6.HI/c1-22-19(23-13-18-26-25-17-9-3-2-6-12-27(17)18)24-14-20(10-11-20)15-7-4-5-8-16(15)21;/h4-5,7-8H,2-3,6,9-14H2,1H3,(H2,22,23,24);1H. The van der Waals surface area contributed by atoms with Gasteiger partial charge in [0.15, 0.2) is 11.8 Å². The van der Waals surface area contributed by atoms with Crippen molar-refractivity contribution in [2.45, 2.75) is 57.0 Å². The fourth-order valence-corrected chi connectivity index (χ4v) is 3.90. The molecule has 2 aromatic rings. The molecule has 2 aliphatic rings. The minimum absolute atomic E-state index is 0. The lowest BCUT2D eigenvalue weighted by Gasteiger charge is -2.19. The third kappa shape index (κ3) is 4.47. The number of nitrogens with one attached hydrogen (secondary N) is 2. The van der Waals surface area contributed by atoms with Gasteiger partial charge in [-0.2, -0.15) is 0 Å². The number of aromatic nitrogens is 3. The van der Waals surface area contributed by atoms with Crippen LogP contribution in [0.25, 0.3) is 0 Å². The van der Waals surface area contributed by atoms with Crippen LogP contribution in [0.1, 0.15) is 49.3 Å². The molecule has 0 unspecified atom stereocenters. The van der Waals surface area contributed by atoms with Gasteiger partial charge in [-0.1, -0.05) is 24.6 Å². The summed E-state index contributed by atoms with van der Waals surface area (Å²) in [6, 6.07) is 7.08. The van der Waals surface area contributed by atoms with Crippen molar-refractivity contribution in [1.29, 1.82) is 0 Å². The SMILES string of the molecule is CN=C(NCc1nnc2n1CCCCC2)NCC1(c2ccccc2F)CC1.I. The predicted molar refractivity (Wildman–Crippen MR) is 119 cm³/mol. The van der Waals surface area contributed by atoms with E-state index in [1.54, 1.807) is 19.2 Å². The Kier molecular flexibility index (Phi) is 6.90. The molecule has 1 fully saturated rings. The number of rotatable bonds is 5. The average molecular weight is 498 g/mol. The quantitative estimate of drug-likeness (QED) is 0.378. The van der Waals surface area contributed by atoms with Gasteiger partial charge in [0.25, 0.3) is 0 Å². The molecule has 152 valence electrons. The minimum Gasteiger partial charge on any atom is -0.356 e. The van der Waals surface area contributed by atoms with Gasteiger partial charge in [-0.15, -0.1) is 34.2 Å². The summed E-state index contributed by atoms with van der Waals surface area (Å²) in [4.78, 5) is 4.31. The molecule has 0 bridgehead atoms. The molecule has 0 radical (unpaired) electrons. The molecule has 8 heteroatoms. The van der Waals surface area contributed by atoms with E-state index in [-0.39, 0.29) is 35.2 Å². The van der Waals surface area contributed by atoms with Crippen LogP contribution in [-0.2, 0) is 24.9 Å². The van der Waals surface area contributed by atoms with Gasteiger partial charge in [0.05, 0.1) is 6.54 Å². The van der Waals surface area contributed by atoms with Crippen LogP contribution >= 0.6 is 24.0 Å². The van der Waals surface area contributed by atoms with Crippen molar-refractivity contribution in [2.75, 3.05) is 13.6 Å². The highest BCUT2D eigenvalue weighted by Crippen LogP contribution is 2.48. The second-order valence-electron chi connectivity index (χ2n) is 7.53. The second-order valence-corrected chi connectivity index (χ2v) is 7.53. The van der Waals surface area contributed by atoms with Crippen LogP contribution in [0.5, 0.6) is 0 Å². The van der Waals surface area contributed by atoms with E-state index < -0.39 is 0 Å². The zero-order chi connectivity index (χ0) is 18.7. The zero-order valence-electron chi connectivity index (χ0n) is 16.2. The molecular weight excluding hydrogens is 470 g/mol. The molecule has 2 N–H and O–H groups in total. The largest absolute Gasteiger partial charge is 0.356 e. The molecule has 6 nitrogen and oxygen atoms in total. The Morgan fingerprint density at radius 1 is 1.18 bits per heavy atom. The maximum absolute atomic E-state index is 14.2. The van der Waals surface area contributed by atoms with Crippen molar-refractivity contribution >= 4 is 29.9 Å². The van der Waals surface area contributed by atoms with Crippen LogP contribution in [0.3, 0.4) is 0 Å². The van der Waals surface area contributed by atoms with Gasteiger partial charge in [-0.05, 0) is 37.3 Å². The number of nitrogens with zero attached hydrogens (tertiary/aromatic N) is 4. The molecule has 0 spiro atoms. The highest BCUT2D eigenvalue weighted by atomic mass is 127. The normalized spacial score (nSPS) is 17.9. The third-order valence-corrected chi connectivity index (χ3v) is 5.72. The molecule has 0 atom stereocenters. The first kappa shape index (κ1) is 21.0. The van der Waals surface area contributed by atoms with E-state index in [1.807, 2.05) is 12.1 Å². The highest BCUT2D eigenvalue weighted by Gasteiger charge is 2.45. The summed E-state index contributed by atoms with van der Waals surface area (Å²) in [7, 11) is 1.75. The van der Waals surface area contributed by atoms with Gasteiger partial charge < -0.3 is 15.2 Å². The van der Waals surface area contributed by atoms with E-state index in [1.165, 1.54) is 19.3 Å². The second kappa shape index (κ2) is 9.19. The fourth-order valence-electron chi connectivity index (χ4n) is 3.90. The average Bonchev–Trinajstić information content (AvgIpc) is 3.43. The number of aryl methyl sites for hydroxylation is 1. The van der Waals surface area contributed by atoms with Crippen LogP contribution in [0, 0.1) is 5.82 Å². The molecule has 0 amide bonds. The van der Waals surface area contributed by atoms with Crippen LogP contribution in [0.15, 0.2) is 29.3 Å². The summed E-state index contributed by atoms with van der Waals surface area (Å²) in [5.41, 5.74) is 0.685. The monoisotopic (exact) mass is 498 g/mol. The molecule has 1 aromatic carbocycles. The number of halogens is 2. The molecule has 1 aliphatic heterocycles. The van der Waals surface area contributed by atoms with Crippen molar-refractivity contribution in [2.24, 2.45) is 4.99 Å². The van der Waals surface area contributed by atoms with E-state index in [4.69, 9.17) is 0 Å². The maximum Gasteiger partial charge on any atom is 0.191 e. The molecule has 1 aromatic heterocycles. The van der Waals surface area contributed by atoms with Crippen LogP contribution in [0.4, 0.5) is 4.39 Å². The molecule has 2 heterocycles. The zero-order valence-corrected chi connectivity index (χ0v) is 18.6. The van der Waals surface area contributed by atoms with Crippen molar-refractivity contribution < 1.29 is 4.39 Å². The van der Waals surface area contributed by atoms with Gasteiger partial charge in [0.2, 0.25) is 0 Å². The predicted octanol–water partition coefficient (Wildman–Crippen LogP) is 3.16. The lowest BCUT2D eigenvalue weighted by atomic mass is 9.95. The van der Waals surface area contributed by atoms with Gasteiger partial charge in [0.1, 0.15) is 11.6 Å². The smallest absolute Gasteiger partial charge is 0.191 e. The number of benzene rings is 1. The molecular formula is C20H28FIN6. The van der Waals surface area contributed by atoms with E-state index in [0.29, 0.717) is 19.0 Å². The minimum atomic E-state index is -0.120. The molecule has 4 rings (SSSR count). The number of hydrogen-bond acceptors (Lipinski definition) is 3. The Hall–Kier alpha value is -1.71. The van der Waals surface area contributed by atoms with Crippen LogP contribution < -0.4 is 10.6 Å². The van der Waals surface area contributed by atoms with Crippen molar-refractivity contribution in [1.82, 2.24) is 25.4 Å². The summed E-state index contributed by atoms with van der Waals surface area (Å²) in [6.45, 7) is 2.24. The summed E-state index contributed by atoms with van der Waals surface area (Å²) in [5.74, 6) is 2.63. The number of guanidine groups is 1. The Morgan fingerprint density at radius 2 is 2.00 bits per heavy atom. The molecule has 28 heavy (non-hydrogen) atoms. The topological polar surface area (TPSA) is 67.1 Å². The van der Waals surface area contributed by atoms with E-state index in [9.17, 15) is 4.39 Å². The van der Waals surface area contributed by atoms with Gasteiger partial charge >= 0.3 is 0 Å². The van der Waals surface area contributed by atoms with Crippen molar-refractivity contribution in [3.8, 4) is 0 Å². The Labute approximate surface area is 182 Å². The lowest BCUT2D eigenvalue weighted by molar-refractivity contribution is 0.558. The van der Waals surface area contributed by atoms with Gasteiger partial charge in [-0.3, -0.25) is 4.99 Å². The summed E-state index contributed by atoms with van der Waals surface area (Å²) in [6.07, 6.45) is 6.61. The number of aliphatic imine (C=N–C) groups is 1. The Bertz CT molecular complexity index is 830. The maximum atomic E-state index is 14.2. The number of fused-ring (bicyclic) bond motifs is 1. The first-order valence-corrected chi connectivity index (χ1v) is 9.82. The van der Waals surface area contributed by atoms with E-state index >= 15 is 0 Å². The summed E-state index contributed by atoms with van der Waals surface area (Å²) in [5, 5.41) is 15.4. The van der Waals surface area contributed by atoms with E-state index in [2.05, 4.69) is 30.4 Å². The third-order valence-electron chi connectivity index (χ3n) is 5.72. The Morgan fingerprint density at radius 3 is 2.75 bits per heavy atom. The Balaban J connectivity index is 0.00000225. The van der Waals surface area contributed by atoms with Crippen molar-refractivity contribution in [3.63, 3.8) is 0 Å². The van der Waals surface area contributed by atoms with Gasteiger partial charge in [0, 0.05) is 32.0 Å². The summed E-state index contributed by atoms with van der Waals surface area (Å²) < 4.78 is 16.4. The van der Waals surface area contributed by atoms with Crippen LogP contribution in [-0.4, -0.2) is 34.3 Å². The highest BCUT2D eigenvalue weighted by molar-refractivity contribution is 14.0. The molecule has 1 saturated carbocycles.